The predicted molar refractivity (Wildman–Crippen MR) is 77.8 cm³/mol. The molecule has 1 aromatic carbocycles. The Labute approximate surface area is 120 Å². The van der Waals surface area contributed by atoms with Gasteiger partial charge in [0.2, 0.25) is 10.0 Å². The summed E-state index contributed by atoms with van der Waals surface area (Å²) in [5, 5.41) is 0. The number of hydrogen-bond acceptors (Lipinski definition) is 2. The molecule has 1 unspecified atom stereocenters. The molecule has 1 fully saturated rings. The molecule has 0 aliphatic carbocycles. The van der Waals surface area contributed by atoms with E-state index in [1.165, 1.54) is 0 Å². The van der Waals surface area contributed by atoms with Gasteiger partial charge in [-0.25, -0.2) is 8.42 Å². The van der Waals surface area contributed by atoms with Gasteiger partial charge in [0.1, 0.15) is 0 Å². The quantitative estimate of drug-likeness (QED) is 0.801. The van der Waals surface area contributed by atoms with Crippen LogP contribution in [0.25, 0.3) is 0 Å². The van der Waals surface area contributed by atoms with E-state index in [2.05, 4.69) is 6.92 Å². The van der Waals surface area contributed by atoms with E-state index in [9.17, 15) is 8.42 Å². The molecule has 5 heteroatoms. The topological polar surface area (TPSA) is 37.4 Å². The van der Waals surface area contributed by atoms with Crippen LogP contribution in [-0.2, 0) is 15.9 Å². The number of hydrogen-bond donors (Lipinski definition) is 0. The molecule has 0 N–H and O–H groups in total. The SMILES string of the molecule is CCC1CCCN(S(=O)(=O)c2cccc(CCl)c2)C1. The Balaban J connectivity index is 2.25. The van der Waals surface area contributed by atoms with Gasteiger partial charge < -0.3 is 0 Å². The molecule has 0 spiro atoms. The van der Waals surface area contributed by atoms with Crippen molar-refractivity contribution in [2.45, 2.75) is 37.0 Å². The van der Waals surface area contributed by atoms with Crippen molar-refractivity contribution in [2.75, 3.05) is 13.1 Å². The van der Waals surface area contributed by atoms with Crippen molar-refractivity contribution in [3.05, 3.63) is 29.8 Å². The summed E-state index contributed by atoms with van der Waals surface area (Å²) in [5.41, 5.74) is 0.840. The molecule has 1 saturated heterocycles. The highest BCUT2D eigenvalue weighted by Crippen LogP contribution is 2.25. The van der Waals surface area contributed by atoms with E-state index in [1.54, 1.807) is 22.5 Å². The van der Waals surface area contributed by atoms with Crippen molar-refractivity contribution in [3.8, 4) is 0 Å². The first-order valence-corrected chi connectivity index (χ1v) is 8.70. The van der Waals surface area contributed by atoms with Crippen molar-refractivity contribution in [3.63, 3.8) is 0 Å². The Morgan fingerprint density at radius 3 is 2.89 bits per heavy atom. The Bertz CT molecular complexity index is 530. The van der Waals surface area contributed by atoms with Gasteiger partial charge in [0.25, 0.3) is 0 Å². The van der Waals surface area contributed by atoms with Gasteiger partial charge >= 0.3 is 0 Å². The summed E-state index contributed by atoms with van der Waals surface area (Å²) >= 11 is 5.77. The fourth-order valence-corrected chi connectivity index (χ4v) is 4.31. The molecule has 1 aliphatic heterocycles. The van der Waals surface area contributed by atoms with Crippen LogP contribution in [0.4, 0.5) is 0 Å². The van der Waals surface area contributed by atoms with E-state index in [4.69, 9.17) is 11.6 Å². The average Bonchev–Trinajstić information content (AvgIpc) is 2.47. The highest BCUT2D eigenvalue weighted by molar-refractivity contribution is 7.89. The standard InChI is InChI=1S/C14H20ClNO2S/c1-2-12-6-4-8-16(11-12)19(17,18)14-7-3-5-13(9-14)10-15/h3,5,7,9,12H,2,4,6,8,10-11H2,1H3. The van der Waals surface area contributed by atoms with Crippen molar-refractivity contribution in [1.82, 2.24) is 4.31 Å². The summed E-state index contributed by atoms with van der Waals surface area (Å²) in [7, 11) is -3.36. The lowest BCUT2D eigenvalue weighted by Gasteiger charge is -2.31. The normalized spacial score (nSPS) is 21.5. The maximum Gasteiger partial charge on any atom is 0.243 e. The van der Waals surface area contributed by atoms with Crippen molar-refractivity contribution in [2.24, 2.45) is 5.92 Å². The Kier molecular flexibility index (Phi) is 4.87. The van der Waals surface area contributed by atoms with E-state index in [-0.39, 0.29) is 0 Å². The van der Waals surface area contributed by atoms with E-state index in [0.29, 0.717) is 29.8 Å². The maximum atomic E-state index is 12.6. The summed E-state index contributed by atoms with van der Waals surface area (Å²) in [6.45, 7) is 3.39. The average molecular weight is 302 g/mol. The van der Waals surface area contributed by atoms with Crippen LogP contribution in [0, 0.1) is 5.92 Å². The number of piperidine rings is 1. The van der Waals surface area contributed by atoms with Crippen LogP contribution < -0.4 is 0 Å². The number of benzene rings is 1. The molecule has 1 heterocycles. The molecule has 1 atom stereocenters. The number of alkyl halides is 1. The largest absolute Gasteiger partial charge is 0.243 e. The molecular weight excluding hydrogens is 282 g/mol. The smallest absolute Gasteiger partial charge is 0.207 e. The third-order valence-corrected chi connectivity index (χ3v) is 5.92. The fraction of sp³-hybridized carbons (Fsp3) is 0.571. The molecule has 2 rings (SSSR count). The minimum Gasteiger partial charge on any atom is -0.207 e. The Hall–Kier alpha value is -0.580. The van der Waals surface area contributed by atoms with Crippen molar-refractivity contribution in [1.29, 1.82) is 0 Å². The van der Waals surface area contributed by atoms with Crippen LogP contribution in [0.15, 0.2) is 29.2 Å². The van der Waals surface area contributed by atoms with Crippen LogP contribution in [0.2, 0.25) is 0 Å². The van der Waals surface area contributed by atoms with Gasteiger partial charge in [-0.15, -0.1) is 11.6 Å². The molecule has 0 bridgehead atoms. The van der Waals surface area contributed by atoms with Crippen LogP contribution in [0.3, 0.4) is 0 Å². The molecule has 19 heavy (non-hydrogen) atoms. The van der Waals surface area contributed by atoms with E-state index in [0.717, 1.165) is 24.8 Å². The lowest BCUT2D eigenvalue weighted by molar-refractivity contribution is 0.261. The van der Waals surface area contributed by atoms with Crippen LogP contribution in [-0.4, -0.2) is 25.8 Å². The molecule has 3 nitrogen and oxygen atoms in total. The molecule has 0 aromatic heterocycles. The Morgan fingerprint density at radius 2 is 2.21 bits per heavy atom. The van der Waals surface area contributed by atoms with E-state index < -0.39 is 10.0 Å². The summed E-state index contributed by atoms with van der Waals surface area (Å²) in [4.78, 5) is 0.363. The lowest BCUT2D eigenvalue weighted by atomic mass is 9.97. The van der Waals surface area contributed by atoms with Crippen LogP contribution in [0.1, 0.15) is 31.7 Å². The second-order valence-corrected chi connectivity index (χ2v) is 7.27. The number of rotatable bonds is 4. The van der Waals surface area contributed by atoms with Gasteiger partial charge in [-0.1, -0.05) is 25.5 Å². The molecule has 1 aromatic rings. The zero-order valence-electron chi connectivity index (χ0n) is 11.2. The minimum atomic E-state index is -3.36. The Morgan fingerprint density at radius 1 is 1.42 bits per heavy atom. The predicted octanol–water partition coefficient (Wildman–Crippen LogP) is 3.24. The second kappa shape index (κ2) is 6.25. The first-order chi connectivity index (χ1) is 9.07. The number of nitrogens with zero attached hydrogens (tertiary/aromatic N) is 1. The lowest BCUT2D eigenvalue weighted by Crippen LogP contribution is -2.39. The van der Waals surface area contributed by atoms with Crippen LogP contribution in [0.5, 0.6) is 0 Å². The summed E-state index contributed by atoms with van der Waals surface area (Å²) in [6, 6.07) is 6.93. The summed E-state index contributed by atoms with van der Waals surface area (Å²) < 4.78 is 26.8. The number of halogens is 1. The molecule has 1 aliphatic rings. The van der Waals surface area contributed by atoms with Gasteiger partial charge in [-0.05, 0) is 36.5 Å². The number of sulfonamides is 1. The fourth-order valence-electron chi connectivity index (χ4n) is 2.52. The van der Waals surface area contributed by atoms with Gasteiger partial charge in [0, 0.05) is 19.0 Å². The highest BCUT2D eigenvalue weighted by Gasteiger charge is 2.29. The van der Waals surface area contributed by atoms with Gasteiger partial charge in [0.15, 0.2) is 0 Å². The zero-order valence-corrected chi connectivity index (χ0v) is 12.8. The maximum absolute atomic E-state index is 12.6. The molecule has 0 amide bonds. The summed E-state index contributed by atoms with van der Waals surface area (Å²) in [6.07, 6.45) is 3.12. The molecule has 0 radical (unpaired) electrons. The van der Waals surface area contributed by atoms with E-state index >= 15 is 0 Å². The van der Waals surface area contributed by atoms with Gasteiger partial charge in [-0.2, -0.15) is 4.31 Å². The monoisotopic (exact) mass is 301 g/mol. The highest BCUT2D eigenvalue weighted by atomic mass is 35.5. The van der Waals surface area contributed by atoms with Gasteiger partial charge in [0.05, 0.1) is 4.90 Å². The third kappa shape index (κ3) is 3.30. The first-order valence-electron chi connectivity index (χ1n) is 6.73. The molecule has 0 saturated carbocycles. The van der Waals surface area contributed by atoms with E-state index in [1.807, 2.05) is 6.07 Å². The van der Waals surface area contributed by atoms with Crippen LogP contribution >= 0.6 is 11.6 Å². The molecular formula is C14H20ClNO2S. The second-order valence-electron chi connectivity index (χ2n) is 5.06. The van der Waals surface area contributed by atoms with Crippen molar-refractivity contribution >= 4 is 21.6 Å². The zero-order chi connectivity index (χ0) is 13.9. The summed E-state index contributed by atoms with van der Waals surface area (Å²) in [5.74, 6) is 0.820. The molecule has 106 valence electrons. The minimum absolute atomic E-state index is 0.334. The van der Waals surface area contributed by atoms with Crippen molar-refractivity contribution < 1.29 is 8.42 Å². The van der Waals surface area contributed by atoms with Gasteiger partial charge in [-0.3, -0.25) is 0 Å². The first kappa shape index (κ1) is 14.8. The third-order valence-electron chi connectivity index (χ3n) is 3.75.